The van der Waals surface area contributed by atoms with Crippen LogP contribution in [0.15, 0.2) is 18.5 Å². The summed E-state index contributed by atoms with van der Waals surface area (Å²) >= 11 is 0. The van der Waals surface area contributed by atoms with E-state index in [9.17, 15) is 15.3 Å². The molecule has 8 atom stereocenters. The van der Waals surface area contributed by atoms with Gasteiger partial charge in [0.1, 0.15) is 5.60 Å². The monoisotopic (exact) mass is 386 g/mol. The zero-order chi connectivity index (χ0) is 19.8. The van der Waals surface area contributed by atoms with Crippen molar-refractivity contribution < 1.29 is 15.3 Å². The normalized spacial score (nSPS) is 53.2. The minimum atomic E-state index is -1.17. The lowest BCUT2D eigenvalue weighted by molar-refractivity contribution is -0.239. The fourth-order valence-electron chi connectivity index (χ4n) is 8.09. The third-order valence-corrected chi connectivity index (χ3v) is 9.91. The summed E-state index contributed by atoms with van der Waals surface area (Å²) in [5.74, 6) is 1.70. The van der Waals surface area contributed by atoms with Gasteiger partial charge in [-0.05, 0) is 87.0 Å². The molecule has 1 heterocycles. The number of nitrogens with zero attached hydrogens (tertiary/aromatic N) is 2. The molecule has 3 N–H and O–H groups in total. The maximum atomic E-state index is 12.2. The third-order valence-electron chi connectivity index (χ3n) is 9.91. The summed E-state index contributed by atoms with van der Waals surface area (Å²) in [4.78, 5) is 8.78. The number of fused-ring (bicyclic) bond motifs is 5. The molecule has 154 valence electrons. The van der Waals surface area contributed by atoms with Crippen LogP contribution in [0.4, 0.5) is 0 Å². The average Bonchev–Trinajstić information content (AvgIpc) is 2.91. The van der Waals surface area contributed by atoms with Gasteiger partial charge < -0.3 is 15.3 Å². The Morgan fingerprint density at radius 2 is 1.64 bits per heavy atom. The van der Waals surface area contributed by atoms with Gasteiger partial charge in [0, 0.05) is 17.8 Å². The number of aliphatic hydroxyl groups is 3. The molecule has 0 aliphatic heterocycles. The number of aliphatic hydroxyl groups excluding tert-OH is 1. The summed E-state index contributed by atoms with van der Waals surface area (Å²) < 4.78 is 0. The summed E-state index contributed by atoms with van der Waals surface area (Å²) in [5.41, 5.74) is -2.48. The molecule has 0 bridgehead atoms. The van der Waals surface area contributed by atoms with Crippen LogP contribution < -0.4 is 0 Å². The summed E-state index contributed by atoms with van der Waals surface area (Å²) in [6, 6.07) is 1.77. The summed E-state index contributed by atoms with van der Waals surface area (Å²) in [5, 5.41) is 34.1. The summed E-state index contributed by atoms with van der Waals surface area (Å²) in [6.07, 6.45) is 11.1. The standard InChI is InChI=1S/C23H34N2O3/c1-20-8-6-16(26)14-15(20)4-5-18-17(20)7-9-21(2)22(18,27)10-11-23(21,28)19-24-12-3-13-25-19/h3,12-13,15-18,26-28H,4-11,14H2,1-2H3/t15?,16?,17-,18-,20+,21+,22-,23?/m1/s1. The van der Waals surface area contributed by atoms with Gasteiger partial charge in [-0.25, -0.2) is 9.97 Å². The molecule has 0 amide bonds. The van der Waals surface area contributed by atoms with E-state index in [-0.39, 0.29) is 17.4 Å². The lowest BCUT2D eigenvalue weighted by atomic mass is 9.43. The van der Waals surface area contributed by atoms with Gasteiger partial charge in [-0.3, -0.25) is 0 Å². The minimum absolute atomic E-state index is 0.154. The zero-order valence-electron chi connectivity index (χ0n) is 17.1. The maximum absolute atomic E-state index is 12.2. The fourth-order valence-corrected chi connectivity index (χ4v) is 8.09. The van der Waals surface area contributed by atoms with Crippen LogP contribution in [0.1, 0.15) is 77.5 Å². The van der Waals surface area contributed by atoms with Crippen LogP contribution in [0.25, 0.3) is 0 Å². The highest BCUT2D eigenvalue weighted by Crippen LogP contribution is 2.71. The molecule has 0 saturated heterocycles. The van der Waals surface area contributed by atoms with E-state index in [2.05, 4.69) is 23.8 Å². The van der Waals surface area contributed by atoms with Crippen molar-refractivity contribution in [2.75, 3.05) is 0 Å². The van der Waals surface area contributed by atoms with Crippen LogP contribution >= 0.6 is 0 Å². The van der Waals surface area contributed by atoms with E-state index >= 15 is 0 Å². The van der Waals surface area contributed by atoms with Gasteiger partial charge in [-0.2, -0.15) is 0 Å². The van der Waals surface area contributed by atoms with Gasteiger partial charge >= 0.3 is 0 Å². The van der Waals surface area contributed by atoms with Gasteiger partial charge in [0.2, 0.25) is 0 Å². The first-order valence-corrected chi connectivity index (χ1v) is 11.1. The molecule has 3 unspecified atom stereocenters. The SMILES string of the molecule is C[C@]12CCC(O)CC1CC[C@@H]1[C@H]2CC[C@]2(C)C(O)(c3ncccn3)CC[C@@]12O. The molecule has 5 nitrogen and oxygen atoms in total. The lowest BCUT2D eigenvalue weighted by Gasteiger charge is -2.64. The molecule has 0 aromatic carbocycles. The first-order chi connectivity index (χ1) is 13.2. The first-order valence-electron chi connectivity index (χ1n) is 11.1. The molecular weight excluding hydrogens is 352 g/mol. The molecule has 4 aliphatic rings. The van der Waals surface area contributed by atoms with E-state index in [1.807, 2.05) is 0 Å². The molecule has 4 fully saturated rings. The molecule has 1 aromatic rings. The maximum Gasteiger partial charge on any atom is 0.160 e. The van der Waals surface area contributed by atoms with Gasteiger partial charge in [0.25, 0.3) is 0 Å². The summed E-state index contributed by atoms with van der Waals surface area (Å²) in [6.45, 7) is 4.49. The van der Waals surface area contributed by atoms with Crippen molar-refractivity contribution in [3.63, 3.8) is 0 Å². The second kappa shape index (κ2) is 5.99. The smallest absolute Gasteiger partial charge is 0.160 e. The number of rotatable bonds is 1. The Morgan fingerprint density at radius 3 is 2.39 bits per heavy atom. The fraction of sp³-hybridized carbons (Fsp3) is 0.826. The Morgan fingerprint density at radius 1 is 0.893 bits per heavy atom. The van der Waals surface area contributed by atoms with E-state index in [0.717, 1.165) is 44.9 Å². The molecule has 1 aromatic heterocycles. The van der Waals surface area contributed by atoms with E-state index in [0.29, 0.717) is 30.5 Å². The Balaban J connectivity index is 1.52. The van der Waals surface area contributed by atoms with Gasteiger partial charge in [-0.1, -0.05) is 13.8 Å². The molecule has 4 saturated carbocycles. The van der Waals surface area contributed by atoms with Gasteiger partial charge in [0.05, 0.1) is 11.7 Å². The van der Waals surface area contributed by atoms with E-state index in [4.69, 9.17) is 0 Å². The highest BCUT2D eigenvalue weighted by atomic mass is 16.3. The molecule has 0 spiro atoms. The molecule has 0 radical (unpaired) electrons. The number of hydrogen-bond acceptors (Lipinski definition) is 5. The van der Waals surface area contributed by atoms with Gasteiger partial charge in [-0.15, -0.1) is 0 Å². The predicted molar refractivity (Wildman–Crippen MR) is 105 cm³/mol. The quantitative estimate of drug-likeness (QED) is 0.690. The largest absolute Gasteiger partial charge is 0.393 e. The van der Waals surface area contributed by atoms with Crippen molar-refractivity contribution in [2.45, 2.75) is 88.9 Å². The van der Waals surface area contributed by atoms with Crippen LogP contribution in [0.5, 0.6) is 0 Å². The van der Waals surface area contributed by atoms with Crippen LogP contribution in [-0.2, 0) is 5.60 Å². The Hall–Kier alpha value is -1.04. The Kier molecular flexibility index (Phi) is 4.06. The van der Waals surface area contributed by atoms with Crippen molar-refractivity contribution >= 4 is 0 Å². The van der Waals surface area contributed by atoms with Crippen LogP contribution in [0.3, 0.4) is 0 Å². The van der Waals surface area contributed by atoms with Crippen LogP contribution in [0.2, 0.25) is 0 Å². The van der Waals surface area contributed by atoms with Crippen molar-refractivity contribution in [2.24, 2.45) is 28.6 Å². The van der Waals surface area contributed by atoms with Crippen molar-refractivity contribution in [3.05, 3.63) is 24.3 Å². The second-order valence-electron chi connectivity index (χ2n) is 10.6. The van der Waals surface area contributed by atoms with Crippen LogP contribution in [0, 0.1) is 28.6 Å². The Bertz CT molecular complexity index is 759. The average molecular weight is 387 g/mol. The highest BCUT2D eigenvalue weighted by molar-refractivity contribution is 5.25. The van der Waals surface area contributed by atoms with Crippen molar-refractivity contribution in [3.8, 4) is 0 Å². The molecule has 5 rings (SSSR count). The van der Waals surface area contributed by atoms with Crippen molar-refractivity contribution in [1.29, 1.82) is 0 Å². The van der Waals surface area contributed by atoms with Crippen LogP contribution in [-0.4, -0.2) is 37.0 Å². The first kappa shape index (κ1) is 19.0. The molecule has 28 heavy (non-hydrogen) atoms. The second-order valence-corrected chi connectivity index (χ2v) is 10.6. The number of hydrogen-bond donors (Lipinski definition) is 3. The Labute approximate surface area is 167 Å². The molecule has 4 aliphatic carbocycles. The zero-order valence-corrected chi connectivity index (χ0v) is 17.1. The highest BCUT2D eigenvalue weighted by Gasteiger charge is 2.72. The molecular formula is C23H34N2O3. The lowest BCUT2D eigenvalue weighted by Crippen LogP contribution is -2.64. The van der Waals surface area contributed by atoms with E-state index < -0.39 is 16.6 Å². The van der Waals surface area contributed by atoms with E-state index in [1.54, 1.807) is 18.5 Å². The topological polar surface area (TPSA) is 86.5 Å². The minimum Gasteiger partial charge on any atom is -0.393 e. The summed E-state index contributed by atoms with van der Waals surface area (Å²) in [7, 11) is 0. The number of aromatic nitrogens is 2. The van der Waals surface area contributed by atoms with Gasteiger partial charge in [0.15, 0.2) is 5.82 Å². The predicted octanol–water partition coefficient (Wildman–Crippen LogP) is 3.18. The van der Waals surface area contributed by atoms with E-state index in [1.165, 1.54) is 0 Å². The van der Waals surface area contributed by atoms with Crippen molar-refractivity contribution in [1.82, 2.24) is 9.97 Å². The third kappa shape index (κ3) is 2.19. The molecule has 5 heteroatoms.